The number of carbonyl (C=O) groups excluding carboxylic acids is 1. The molecule has 0 atom stereocenters. The fraction of sp³-hybridized carbons (Fsp3) is 0.125. The predicted octanol–water partition coefficient (Wildman–Crippen LogP) is 2.99. The Kier molecular flexibility index (Phi) is 3.31. The first kappa shape index (κ1) is 13.2. The normalized spacial score (nSPS) is 14.1. The minimum atomic E-state index is -1.06. The van der Waals surface area contributed by atoms with Crippen molar-refractivity contribution in [2.24, 2.45) is 0 Å². The smallest absolute Gasteiger partial charge is 0.417 e. The lowest BCUT2D eigenvalue weighted by molar-refractivity contribution is 0.103. The number of Topliss-reactive ketones (excluding diaryl/α,β-unsaturated/α-hetero) is 1. The fourth-order valence-electron chi connectivity index (χ4n) is 2.51. The van der Waals surface area contributed by atoms with Crippen LogP contribution >= 0.6 is 0 Å². The summed E-state index contributed by atoms with van der Waals surface area (Å²) in [4.78, 5) is 25.5. The first-order valence-corrected chi connectivity index (χ1v) is 6.66. The number of rotatable bonds is 3. The van der Waals surface area contributed by atoms with Crippen LogP contribution in [-0.2, 0) is 0 Å². The van der Waals surface area contributed by atoms with Crippen LogP contribution in [0.1, 0.15) is 16.8 Å². The Labute approximate surface area is 121 Å². The molecular weight excluding hydrogens is 268 g/mol. The van der Waals surface area contributed by atoms with E-state index >= 15 is 0 Å². The molecule has 0 saturated carbocycles. The predicted molar refractivity (Wildman–Crippen MR) is 78.7 cm³/mol. The number of benzene rings is 1. The third kappa shape index (κ3) is 2.33. The summed E-state index contributed by atoms with van der Waals surface area (Å²) >= 11 is 0. The summed E-state index contributed by atoms with van der Waals surface area (Å²) in [6, 6.07) is 12.4. The second-order valence-electron chi connectivity index (χ2n) is 4.74. The number of allylic oxidation sites excluding steroid dienone is 1. The van der Waals surface area contributed by atoms with Gasteiger partial charge in [0.2, 0.25) is 5.78 Å². The Morgan fingerprint density at radius 2 is 1.81 bits per heavy atom. The topological polar surface area (TPSA) is 62.5 Å². The van der Waals surface area contributed by atoms with Crippen molar-refractivity contribution in [3.8, 4) is 0 Å². The first-order valence-electron chi connectivity index (χ1n) is 6.66. The van der Waals surface area contributed by atoms with E-state index in [9.17, 15) is 14.7 Å². The number of hydrogen-bond acceptors (Lipinski definition) is 3. The SMILES string of the molecule is O=C(C1=CCCN1c1cccn1C(=O)O)c1ccccc1. The van der Waals surface area contributed by atoms with Crippen LogP contribution in [0.25, 0.3) is 0 Å². The number of carboxylic acid groups (broad SMARTS) is 1. The highest BCUT2D eigenvalue weighted by molar-refractivity contribution is 6.11. The second kappa shape index (κ2) is 5.28. The molecule has 0 amide bonds. The molecule has 1 aliphatic heterocycles. The van der Waals surface area contributed by atoms with Crippen LogP contribution in [0.2, 0.25) is 0 Å². The molecule has 0 aliphatic carbocycles. The van der Waals surface area contributed by atoms with Crippen LogP contribution < -0.4 is 4.90 Å². The van der Waals surface area contributed by atoms with E-state index in [1.54, 1.807) is 29.2 Å². The molecule has 3 rings (SSSR count). The van der Waals surface area contributed by atoms with Crippen LogP contribution in [0.4, 0.5) is 10.6 Å². The van der Waals surface area contributed by atoms with E-state index in [4.69, 9.17) is 0 Å². The molecule has 0 radical (unpaired) electrons. The number of ketones is 1. The maximum Gasteiger partial charge on any atom is 0.417 e. The van der Waals surface area contributed by atoms with Crippen LogP contribution in [0.5, 0.6) is 0 Å². The third-order valence-electron chi connectivity index (χ3n) is 3.46. The van der Waals surface area contributed by atoms with E-state index < -0.39 is 6.09 Å². The monoisotopic (exact) mass is 282 g/mol. The lowest BCUT2D eigenvalue weighted by Crippen LogP contribution is -2.27. The Morgan fingerprint density at radius 3 is 2.52 bits per heavy atom. The number of aromatic nitrogens is 1. The Balaban J connectivity index is 1.94. The molecule has 0 spiro atoms. The van der Waals surface area contributed by atoms with Gasteiger partial charge in [0.15, 0.2) is 0 Å². The Morgan fingerprint density at radius 1 is 1.05 bits per heavy atom. The first-order chi connectivity index (χ1) is 10.2. The maximum atomic E-state index is 12.6. The summed E-state index contributed by atoms with van der Waals surface area (Å²) < 4.78 is 1.12. The van der Waals surface area contributed by atoms with Crippen molar-refractivity contribution >= 4 is 17.7 Å². The van der Waals surface area contributed by atoms with Crippen molar-refractivity contribution in [2.75, 3.05) is 11.4 Å². The van der Waals surface area contributed by atoms with Gasteiger partial charge in [-0.25, -0.2) is 9.36 Å². The molecular formula is C16H14N2O3. The van der Waals surface area contributed by atoms with Crippen molar-refractivity contribution in [1.82, 2.24) is 4.57 Å². The van der Waals surface area contributed by atoms with Gasteiger partial charge in [0.1, 0.15) is 5.82 Å². The summed E-state index contributed by atoms with van der Waals surface area (Å²) in [7, 11) is 0. The number of carbonyl (C=O) groups is 2. The van der Waals surface area contributed by atoms with Crippen LogP contribution in [0, 0.1) is 0 Å². The zero-order valence-electron chi connectivity index (χ0n) is 11.3. The largest absolute Gasteiger partial charge is 0.464 e. The van der Waals surface area contributed by atoms with E-state index in [-0.39, 0.29) is 5.78 Å². The van der Waals surface area contributed by atoms with E-state index in [0.29, 0.717) is 23.6 Å². The lowest BCUT2D eigenvalue weighted by Gasteiger charge is -2.21. The highest BCUT2D eigenvalue weighted by Gasteiger charge is 2.26. The summed E-state index contributed by atoms with van der Waals surface area (Å²) in [6.07, 6.45) is 2.99. The van der Waals surface area contributed by atoms with Gasteiger partial charge < -0.3 is 10.0 Å². The molecule has 5 nitrogen and oxygen atoms in total. The second-order valence-corrected chi connectivity index (χ2v) is 4.74. The van der Waals surface area contributed by atoms with Gasteiger partial charge in [0.05, 0.1) is 5.70 Å². The van der Waals surface area contributed by atoms with Crippen molar-refractivity contribution in [1.29, 1.82) is 0 Å². The number of hydrogen-bond donors (Lipinski definition) is 1. The van der Waals surface area contributed by atoms with Crippen molar-refractivity contribution in [3.05, 3.63) is 66.0 Å². The zero-order valence-corrected chi connectivity index (χ0v) is 11.3. The van der Waals surface area contributed by atoms with Gasteiger partial charge in [-0.3, -0.25) is 4.79 Å². The molecule has 1 aromatic heterocycles. The summed E-state index contributed by atoms with van der Waals surface area (Å²) in [6.45, 7) is 0.602. The van der Waals surface area contributed by atoms with E-state index in [1.807, 2.05) is 24.3 Å². The molecule has 0 bridgehead atoms. The standard InChI is InChI=1S/C16H14N2O3/c19-15(12-6-2-1-3-7-12)13-8-4-10-17(13)14-9-5-11-18(14)16(20)21/h1-3,5-9,11H,4,10H2,(H,20,21). The van der Waals surface area contributed by atoms with Gasteiger partial charge in [-0.1, -0.05) is 36.4 Å². The van der Waals surface area contributed by atoms with Crippen molar-refractivity contribution < 1.29 is 14.7 Å². The van der Waals surface area contributed by atoms with Gasteiger partial charge >= 0.3 is 6.09 Å². The highest BCUT2D eigenvalue weighted by Crippen LogP contribution is 2.27. The van der Waals surface area contributed by atoms with Crippen LogP contribution in [0.3, 0.4) is 0 Å². The van der Waals surface area contributed by atoms with Crippen molar-refractivity contribution in [3.63, 3.8) is 0 Å². The molecule has 21 heavy (non-hydrogen) atoms. The molecule has 1 N–H and O–H groups in total. The van der Waals surface area contributed by atoms with Crippen molar-refractivity contribution in [2.45, 2.75) is 6.42 Å². The Bertz CT molecular complexity index is 716. The molecule has 1 aromatic carbocycles. The molecule has 0 unspecified atom stereocenters. The maximum absolute atomic E-state index is 12.6. The zero-order chi connectivity index (χ0) is 14.8. The van der Waals surface area contributed by atoms with E-state index in [2.05, 4.69) is 0 Å². The summed E-state index contributed by atoms with van der Waals surface area (Å²) in [5, 5.41) is 9.19. The highest BCUT2D eigenvalue weighted by atomic mass is 16.4. The van der Waals surface area contributed by atoms with Gasteiger partial charge in [0, 0.05) is 18.3 Å². The lowest BCUT2D eigenvalue weighted by atomic mass is 10.1. The van der Waals surface area contributed by atoms with Crippen LogP contribution in [0.15, 0.2) is 60.4 Å². The van der Waals surface area contributed by atoms with E-state index in [0.717, 1.165) is 11.0 Å². The molecule has 2 aromatic rings. The van der Waals surface area contributed by atoms with Gasteiger partial charge in [-0.15, -0.1) is 0 Å². The quantitative estimate of drug-likeness (QED) is 0.879. The number of nitrogens with zero attached hydrogens (tertiary/aromatic N) is 2. The summed E-state index contributed by atoms with van der Waals surface area (Å²) in [5.74, 6) is 0.404. The molecule has 106 valence electrons. The molecule has 5 heteroatoms. The minimum Gasteiger partial charge on any atom is -0.464 e. The van der Waals surface area contributed by atoms with Crippen LogP contribution in [-0.4, -0.2) is 28.1 Å². The average Bonchev–Trinajstić information content (AvgIpc) is 3.15. The van der Waals surface area contributed by atoms with Gasteiger partial charge in [-0.05, 0) is 18.6 Å². The minimum absolute atomic E-state index is 0.0914. The number of anilines is 1. The summed E-state index contributed by atoms with van der Waals surface area (Å²) in [5.41, 5.74) is 1.13. The fourth-order valence-corrected chi connectivity index (χ4v) is 2.51. The van der Waals surface area contributed by atoms with E-state index in [1.165, 1.54) is 6.20 Å². The molecule has 2 heterocycles. The van der Waals surface area contributed by atoms with Gasteiger partial charge in [0.25, 0.3) is 0 Å². The third-order valence-corrected chi connectivity index (χ3v) is 3.46. The Hall–Kier alpha value is -2.82. The average molecular weight is 282 g/mol. The van der Waals surface area contributed by atoms with Gasteiger partial charge in [-0.2, -0.15) is 0 Å². The molecule has 0 saturated heterocycles. The molecule has 1 aliphatic rings. The molecule has 0 fully saturated rings.